The van der Waals surface area contributed by atoms with Crippen molar-refractivity contribution >= 4 is 0 Å². The monoisotopic (exact) mass is 202 g/mol. The maximum atomic E-state index is 13.7. The molecule has 1 atom stereocenters. The van der Waals surface area contributed by atoms with E-state index in [1.165, 1.54) is 6.07 Å². The van der Waals surface area contributed by atoms with Crippen LogP contribution in [0, 0.1) is 5.82 Å². The number of aromatic amines is 1. The highest BCUT2D eigenvalue weighted by Crippen LogP contribution is 2.38. The number of nitrogens with zero attached hydrogens (tertiary/aromatic N) is 1. The zero-order valence-electron chi connectivity index (χ0n) is 8.20. The lowest BCUT2D eigenvalue weighted by Crippen LogP contribution is -1.99. The topological polar surface area (TPSA) is 28.7 Å². The van der Waals surface area contributed by atoms with Crippen LogP contribution in [0.4, 0.5) is 4.39 Å². The Balaban J connectivity index is 2.12. The molecule has 0 saturated carbocycles. The van der Waals surface area contributed by atoms with Gasteiger partial charge in [-0.05, 0) is 24.5 Å². The second-order valence-electron chi connectivity index (χ2n) is 3.91. The van der Waals surface area contributed by atoms with E-state index in [-0.39, 0.29) is 11.7 Å². The third-order valence-electron chi connectivity index (χ3n) is 3.09. The fourth-order valence-corrected chi connectivity index (χ4v) is 2.40. The van der Waals surface area contributed by atoms with E-state index in [1.807, 2.05) is 6.07 Å². The molecule has 3 rings (SSSR count). The lowest BCUT2D eigenvalue weighted by molar-refractivity contribution is 0.600. The predicted molar refractivity (Wildman–Crippen MR) is 55.2 cm³/mol. The van der Waals surface area contributed by atoms with Gasteiger partial charge in [-0.1, -0.05) is 12.1 Å². The first-order chi connectivity index (χ1) is 7.36. The highest BCUT2D eigenvalue weighted by atomic mass is 19.1. The molecule has 1 N–H and O–H groups in total. The van der Waals surface area contributed by atoms with Crippen molar-refractivity contribution in [2.75, 3.05) is 0 Å². The molecule has 76 valence electrons. The standard InChI is InChI=1S/C12H11FN2/c13-10-3-1-2-8-4-5-9(12(8)10)11-6-14-7-15-11/h1-3,6-7,9H,4-5H2,(H,14,15). The first kappa shape index (κ1) is 8.65. The smallest absolute Gasteiger partial charge is 0.127 e. The van der Waals surface area contributed by atoms with Crippen LogP contribution in [0.1, 0.15) is 29.2 Å². The molecule has 1 aromatic heterocycles. The number of nitrogens with one attached hydrogen (secondary N) is 1. The Morgan fingerprint density at radius 2 is 2.33 bits per heavy atom. The Hall–Kier alpha value is -1.64. The summed E-state index contributed by atoms with van der Waals surface area (Å²) < 4.78 is 13.7. The molecule has 3 heteroatoms. The summed E-state index contributed by atoms with van der Waals surface area (Å²) >= 11 is 0. The second kappa shape index (κ2) is 3.19. The van der Waals surface area contributed by atoms with Gasteiger partial charge in [-0.25, -0.2) is 9.37 Å². The van der Waals surface area contributed by atoms with Gasteiger partial charge in [0.05, 0.1) is 6.33 Å². The van der Waals surface area contributed by atoms with Gasteiger partial charge in [-0.2, -0.15) is 0 Å². The van der Waals surface area contributed by atoms with Crippen LogP contribution in [-0.2, 0) is 6.42 Å². The Kier molecular flexibility index (Phi) is 1.84. The van der Waals surface area contributed by atoms with Crippen molar-refractivity contribution in [3.63, 3.8) is 0 Å². The maximum Gasteiger partial charge on any atom is 0.127 e. The van der Waals surface area contributed by atoms with E-state index in [9.17, 15) is 4.39 Å². The van der Waals surface area contributed by atoms with Crippen molar-refractivity contribution < 1.29 is 4.39 Å². The van der Waals surface area contributed by atoms with Gasteiger partial charge < -0.3 is 4.98 Å². The van der Waals surface area contributed by atoms with Gasteiger partial charge in [0.25, 0.3) is 0 Å². The van der Waals surface area contributed by atoms with E-state index in [2.05, 4.69) is 9.97 Å². The average molecular weight is 202 g/mol. The van der Waals surface area contributed by atoms with Gasteiger partial charge in [-0.15, -0.1) is 0 Å². The molecule has 0 fully saturated rings. The van der Waals surface area contributed by atoms with Gasteiger partial charge in [0.15, 0.2) is 0 Å². The number of aryl methyl sites for hydroxylation is 1. The zero-order valence-corrected chi connectivity index (χ0v) is 8.20. The molecule has 2 nitrogen and oxygen atoms in total. The van der Waals surface area contributed by atoms with E-state index in [0.29, 0.717) is 0 Å². The number of aromatic nitrogens is 2. The van der Waals surface area contributed by atoms with Gasteiger partial charge in [0, 0.05) is 23.4 Å². The fraction of sp³-hybridized carbons (Fsp3) is 0.250. The summed E-state index contributed by atoms with van der Waals surface area (Å²) in [6.07, 6.45) is 5.36. The summed E-state index contributed by atoms with van der Waals surface area (Å²) in [4.78, 5) is 7.06. The number of fused-ring (bicyclic) bond motifs is 1. The molecule has 0 saturated heterocycles. The number of hydrogen-bond donors (Lipinski definition) is 1. The number of H-pyrrole nitrogens is 1. The highest BCUT2D eigenvalue weighted by molar-refractivity contribution is 5.40. The molecule has 1 aliphatic rings. The van der Waals surface area contributed by atoms with Crippen LogP contribution < -0.4 is 0 Å². The largest absolute Gasteiger partial charge is 0.348 e. The van der Waals surface area contributed by atoms with Crippen molar-refractivity contribution in [2.24, 2.45) is 0 Å². The Bertz CT molecular complexity index is 476. The van der Waals surface area contributed by atoms with E-state index >= 15 is 0 Å². The molecule has 1 unspecified atom stereocenters. The average Bonchev–Trinajstić information content (AvgIpc) is 2.85. The molecule has 1 aliphatic carbocycles. The second-order valence-corrected chi connectivity index (χ2v) is 3.91. The van der Waals surface area contributed by atoms with Crippen molar-refractivity contribution in [3.05, 3.63) is 53.4 Å². The van der Waals surface area contributed by atoms with Crippen LogP contribution in [-0.4, -0.2) is 9.97 Å². The molecule has 0 radical (unpaired) electrons. The minimum atomic E-state index is -0.0930. The molecule has 1 aromatic carbocycles. The Morgan fingerprint density at radius 3 is 3.13 bits per heavy atom. The molecule has 0 amide bonds. The van der Waals surface area contributed by atoms with Crippen LogP contribution >= 0.6 is 0 Å². The Morgan fingerprint density at radius 1 is 1.40 bits per heavy atom. The van der Waals surface area contributed by atoms with Crippen LogP contribution in [0.2, 0.25) is 0 Å². The van der Waals surface area contributed by atoms with Gasteiger partial charge in [0.1, 0.15) is 5.82 Å². The van der Waals surface area contributed by atoms with Crippen molar-refractivity contribution in [2.45, 2.75) is 18.8 Å². The van der Waals surface area contributed by atoms with Gasteiger partial charge >= 0.3 is 0 Å². The third-order valence-corrected chi connectivity index (χ3v) is 3.09. The summed E-state index contributed by atoms with van der Waals surface area (Å²) in [6, 6.07) is 5.33. The summed E-state index contributed by atoms with van der Waals surface area (Å²) in [5.74, 6) is 0.0632. The van der Waals surface area contributed by atoms with Crippen molar-refractivity contribution in [1.82, 2.24) is 9.97 Å². The van der Waals surface area contributed by atoms with Crippen LogP contribution in [0.5, 0.6) is 0 Å². The molecule has 15 heavy (non-hydrogen) atoms. The van der Waals surface area contributed by atoms with Crippen molar-refractivity contribution in [1.29, 1.82) is 0 Å². The summed E-state index contributed by atoms with van der Waals surface area (Å²) in [6.45, 7) is 0. The molecule has 0 spiro atoms. The molecular formula is C12H11FN2. The first-order valence-electron chi connectivity index (χ1n) is 5.12. The highest BCUT2D eigenvalue weighted by Gasteiger charge is 2.27. The quantitative estimate of drug-likeness (QED) is 0.756. The molecule has 1 heterocycles. The normalized spacial score (nSPS) is 19.1. The molecular weight excluding hydrogens is 191 g/mol. The van der Waals surface area contributed by atoms with Crippen LogP contribution in [0.25, 0.3) is 0 Å². The minimum absolute atomic E-state index is 0.0930. The lowest BCUT2D eigenvalue weighted by atomic mass is 9.98. The number of halogens is 1. The number of hydrogen-bond acceptors (Lipinski definition) is 1. The SMILES string of the molecule is Fc1cccc2c1C(c1cnc[nH]1)CC2. The van der Waals surface area contributed by atoms with E-state index in [1.54, 1.807) is 18.6 Å². The predicted octanol–water partition coefficient (Wildman–Crippen LogP) is 2.63. The van der Waals surface area contributed by atoms with Gasteiger partial charge in [-0.3, -0.25) is 0 Å². The number of benzene rings is 1. The maximum absolute atomic E-state index is 13.7. The van der Waals surface area contributed by atoms with E-state index < -0.39 is 0 Å². The molecule has 2 aromatic rings. The summed E-state index contributed by atoms with van der Waals surface area (Å²) in [7, 11) is 0. The molecule has 0 aliphatic heterocycles. The third kappa shape index (κ3) is 1.27. The Labute approximate surface area is 87.2 Å². The fourth-order valence-electron chi connectivity index (χ4n) is 2.40. The number of rotatable bonds is 1. The molecule has 0 bridgehead atoms. The number of imidazole rings is 1. The van der Waals surface area contributed by atoms with Crippen LogP contribution in [0.3, 0.4) is 0 Å². The van der Waals surface area contributed by atoms with Gasteiger partial charge in [0.2, 0.25) is 0 Å². The van der Waals surface area contributed by atoms with Crippen molar-refractivity contribution in [3.8, 4) is 0 Å². The first-order valence-corrected chi connectivity index (χ1v) is 5.12. The summed E-state index contributed by atoms with van der Waals surface area (Å²) in [5, 5.41) is 0. The minimum Gasteiger partial charge on any atom is -0.348 e. The van der Waals surface area contributed by atoms with E-state index in [0.717, 1.165) is 29.7 Å². The zero-order chi connectivity index (χ0) is 10.3. The lowest BCUT2D eigenvalue weighted by Gasteiger charge is -2.09. The summed E-state index contributed by atoms with van der Waals surface area (Å²) in [5.41, 5.74) is 3.00. The van der Waals surface area contributed by atoms with E-state index in [4.69, 9.17) is 0 Å². The van der Waals surface area contributed by atoms with Crippen LogP contribution in [0.15, 0.2) is 30.7 Å².